The lowest BCUT2D eigenvalue weighted by Gasteiger charge is -2.06. The number of nitrogens with one attached hydrogen (secondary N) is 2. The van der Waals surface area contributed by atoms with Gasteiger partial charge in [-0.15, -0.1) is 0 Å². The van der Waals surface area contributed by atoms with Gasteiger partial charge in [-0.1, -0.05) is 48.0 Å². The van der Waals surface area contributed by atoms with E-state index < -0.39 is 5.56 Å². The zero-order chi connectivity index (χ0) is 20.2. The molecular formula is C20H12ClN7O. The van der Waals surface area contributed by atoms with Crippen molar-refractivity contribution in [2.45, 2.75) is 0 Å². The first-order valence-electron chi connectivity index (χ1n) is 8.45. The van der Waals surface area contributed by atoms with Crippen molar-refractivity contribution in [2.75, 3.05) is 5.43 Å². The van der Waals surface area contributed by atoms with E-state index in [2.05, 4.69) is 30.5 Å². The van der Waals surface area contributed by atoms with Crippen LogP contribution in [-0.4, -0.2) is 26.2 Å². The van der Waals surface area contributed by atoms with Gasteiger partial charge in [-0.2, -0.15) is 10.4 Å². The summed E-state index contributed by atoms with van der Waals surface area (Å²) in [5.74, 6) is 0.117. The molecule has 4 rings (SSSR count). The van der Waals surface area contributed by atoms with Crippen molar-refractivity contribution in [3.05, 3.63) is 81.5 Å². The van der Waals surface area contributed by atoms with Crippen LogP contribution in [0.15, 0.2) is 64.8 Å². The van der Waals surface area contributed by atoms with Gasteiger partial charge >= 0.3 is 0 Å². The van der Waals surface area contributed by atoms with Crippen LogP contribution in [0.5, 0.6) is 0 Å². The Balaban J connectivity index is 1.63. The molecule has 0 spiro atoms. The van der Waals surface area contributed by atoms with Gasteiger partial charge in [0.15, 0.2) is 0 Å². The normalized spacial score (nSPS) is 10.9. The van der Waals surface area contributed by atoms with Gasteiger partial charge in [-0.25, -0.2) is 20.4 Å². The largest absolute Gasteiger partial charge is 0.290 e. The Morgan fingerprint density at radius 1 is 1.17 bits per heavy atom. The molecule has 0 fully saturated rings. The summed E-state index contributed by atoms with van der Waals surface area (Å²) in [5.41, 5.74) is 4.49. The van der Waals surface area contributed by atoms with E-state index in [0.717, 1.165) is 11.1 Å². The Kier molecular flexibility index (Phi) is 4.97. The number of aromatic nitrogens is 4. The Morgan fingerprint density at radius 2 is 2.00 bits per heavy atom. The van der Waals surface area contributed by atoms with Crippen molar-refractivity contribution in [3.8, 4) is 17.3 Å². The topological polar surface area (TPSA) is 120 Å². The van der Waals surface area contributed by atoms with Gasteiger partial charge in [-0.05, 0) is 17.7 Å². The van der Waals surface area contributed by atoms with Crippen molar-refractivity contribution in [2.24, 2.45) is 5.10 Å². The van der Waals surface area contributed by atoms with Crippen molar-refractivity contribution in [3.63, 3.8) is 0 Å². The fraction of sp³-hybridized carbons (Fsp3) is 0. The molecule has 0 saturated heterocycles. The van der Waals surface area contributed by atoms with E-state index in [-0.39, 0.29) is 17.2 Å². The summed E-state index contributed by atoms with van der Waals surface area (Å²) in [6.45, 7) is 0. The van der Waals surface area contributed by atoms with Crippen LogP contribution in [0.4, 0.5) is 5.95 Å². The number of halogens is 1. The molecule has 0 aliphatic heterocycles. The number of fused-ring (bicyclic) bond motifs is 1. The first-order chi connectivity index (χ1) is 14.2. The molecule has 0 aliphatic carbocycles. The molecule has 9 heteroatoms. The van der Waals surface area contributed by atoms with Gasteiger partial charge in [0, 0.05) is 10.9 Å². The standard InChI is InChI=1S/C20H12ClN7O/c21-18-14-8-12(6-7-16(14)23-11-24-18)10-25-28-20-26-17(13-4-2-1-3-5-13)15(9-22)19(29)27-20/h1-8,10-11H,(H2,26,27,28,29). The lowest BCUT2D eigenvalue weighted by Crippen LogP contribution is -2.16. The van der Waals surface area contributed by atoms with Gasteiger partial charge in [0.25, 0.3) is 5.56 Å². The zero-order valence-corrected chi connectivity index (χ0v) is 15.6. The first-order valence-corrected chi connectivity index (χ1v) is 8.82. The van der Waals surface area contributed by atoms with E-state index >= 15 is 0 Å². The van der Waals surface area contributed by atoms with Crippen molar-refractivity contribution < 1.29 is 0 Å². The Labute approximate surface area is 169 Å². The van der Waals surface area contributed by atoms with E-state index in [1.165, 1.54) is 6.33 Å². The van der Waals surface area contributed by atoms with Crippen molar-refractivity contribution in [1.29, 1.82) is 5.26 Å². The summed E-state index contributed by atoms with van der Waals surface area (Å²) in [7, 11) is 0. The van der Waals surface area contributed by atoms with Gasteiger partial charge in [0.2, 0.25) is 5.95 Å². The number of rotatable bonds is 4. The molecule has 2 heterocycles. The molecule has 0 unspecified atom stereocenters. The molecule has 140 valence electrons. The number of benzene rings is 2. The number of hydrogen-bond donors (Lipinski definition) is 2. The molecular weight excluding hydrogens is 390 g/mol. The number of H-pyrrole nitrogens is 1. The second kappa shape index (κ2) is 7.88. The molecule has 0 aliphatic rings. The summed E-state index contributed by atoms with van der Waals surface area (Å²) < 4.78 is 0. The molecule has 0 amide bonds. The molecule has 4 aromatic rings. The molecule has 2 aromatic carbocycles. The number of hydrazone groups is 1. The van der Waals surface area contributed by atoms with Crippen LogP contribution in [-0.2, 0) is 0 Å². The molecule has 8 nitrogen and oxygen atoms in total. The predicted molar refractivity (Wildman–Crippen MR) is 111 cm³/mol. The Bertz CT molecular complexity index is 1330. The van der Waals surface area contributed by atoms with Crippen LogP contribution in [0.3, 0.4) is 0 Å². The molecule has 2 N–H and O–H groups in total. The van der Waals surface area contributed by atoms with Crippen molar-refractivity contribution in [1.82, 2.24) is 19.9 Å². The van der Waals surface area contributed by atoms with Crippen LogP contribution < -0.4 is 11.0 Å². The molecule has 0 bridgehead atoms. The highest BCUT2D eigenvalue weighted by Crippen LogP contribution is 2.20. The summed E-state index contributed by atoms with van der Waals surface area (Å²) >= 11 is 6.09. The zero-order valence-electron chi connectivity index (χ0n) is 14.8. The summed E-state index contributed by atoms with van der Waals surface area (Å²) in [6.07, 6.45) is 2.94. The first kappa shape index (κ1) is 18.3. The molecule has 29 heavy (non-hydrogen) atoms. The SMILES string of the molecule is N#Cc1c(-c2ccccc2)nc(NN=Cc2ccc3ncnc(Cl)c3c2)[nH]c1=O. The number of hydrogen-bond acceptors (Lipinski definition) is 7. The van der Waals surface area contributed by atoms with E-state index in [1.54, 1.807) is 42.6 Å². The average Bonchev–Trinajstić information content (AvgIpc) is 2.74. The van der Waals surface area contributed by atoms with Crippen molar-refractivity contribution >= 4 is 34.7 Å². The highest BCUT2D eigenvalue weighted by Gasteiger charge is 2.12. The van der Waals surface area contributed by atoms with Crippen LogP contribution in [0, 0.1) is 11.3 Å². The van der Waals surface area contributed by atoms with Gasteiger partial charge in [0.1, 0.15) is 23.1 Å². The lowest BCUT2D eigenvalue weighted by molar-refractivity contribution is 1.08. The van der Waals surface area contributed by atoms with Gasteiger partial charge < -0.3 is 0 Å². The molecule has 0 atom stereocenters. The highest BCUT2D eigenvalue weighted by atomic mass is 35.5. The maximum absolute atomic E-state index is 12.2. The van der Waals surface area contributed by atoms with Crippen LogP contribution in [0.1, 0.15) is 11.1 Å². The Morgan fingerprint density at radius 3 is 2.79 bits per heavy atom. The number of nitrogens with zero attached hydrogens (tertiary/aromatic N) is 5. The molecule has 0 saturated carbocycles. The predicted octanol–water partition coefficient (Wildman–Crippen LogP) is 3.35. The second-order valence-electron chi connectivity index (χ2n) is 5.93. The minimum atomic E-state index is -0.548. The van der Waals surface area contributed by atoms with E-state index in [9.17, 15) is 10.1 Å². The van der Waals surface area contributed by atoms with Gasteiger partial charge in [-0.3, -0.25) is 9.78 Å². The fourth-order valence-corrected chi connectivity index (χ4v) is 2.92. The third-order valence-corrected chi connectivity index (χ3v) is 4.37. The van der Waals surface area contributed by atoms with E-state index in [0.29, 0.717) is 16.1 Å². The minimum Gasteiger partial charge on any atom is -0.290 e. The maximum Gasteiger partial charge on any atom is 0.270 e. The highest BCUT2D eigenvalue weighted by molar-refractivity contribution is 6.34. The second-order valence-corrected chi connectivity index (χ2v) is 6.29. The smallest absolute Gasteiger partial charge is 0.270 e. The van der Waals surface area contributed by atoms with Gasteiger partial charge in [0.05, 0.1) is 17.4 Å². The quantitative estimate of drug-likeness (QED) is 0.307. The third-order valence-electron chi connectivity index (χ3n) is 4.07. The lowest BCUT2D eigenvalue weighted by atomic mass is 10.1. The molecule has 2 aromatic heterocycles. The number of aromatic amines is 1. The maximum atomic E-state index is 12.2. The summed E-state index contributed by atoms with van der Waals surface area (Å²) in [6, 6.07) is 16.3. The summed E-state index contributed by atoms with van der Waals surface area (Å²) in [4.78, 5) is 27.2. The minimum absolute atomic E-state index is 0.0603. The average molecular weight is 402 g/mol. The van der Waals surface area contributed by atoms with Crippen LogP contribution in [0.25, 0.3) is 22.2 Å². The fourth-order valence-electron chi connectivity index (χ4n) is 2.73. The monoisotopic (exact) mass is 401 g/mol. The molecule has 0 radical (unpaired) electrons. The Hall–Kier alpha value is -4.09. The number of anilines is 1. The van der Waals surface area contributed by atoms with E-state index in [1.807, 2.05) is 18.2 Å². The third kappa shape index (κ3) is 3.81. The van der Waals surface area contributed by atoms with Crippen LogP contribution >= 0.6 is 11.6 Å². The summed E-state index contributed by atoms with van der Waals surface area (Å²) in [5, 5.41) is 14.5. The van der Waals surface area contributed by atoms with Crippen LogP contribution in [0.2, 0.25) is 5.15 Å². The number of nitriles is 1. The van der Waals surface area contributed by atoms with E-state index in [4.69, 9.17) is 11.6 Å².